The average molecular weight is 240 g/mol. The molecule has 0 unspecified atom stereocenters. The van der Waals surface area contributed by atoms with E-state index in [0.717, 1.165) is 32.1 Å². The molecule has 0 spiro atoms. The molecule has 1 saturated carbocycles. The fourth-order valence-corrected chi connectivity index (χ4v) is 2.00. The normalized spacial score (nSPS) is 16.9. The van der Waals surface area contributed by atoms with E-state index in [-0.39, 0.29) is 0 Å². The van der Waals surface area contributed by atoms with Crippen LogP contribution < -0.4 is 11.1 Å². The smallest absolute Gasteiger partial charge is 0.188 e. The van der Waals surface area contributed by atoms with Gasteiger partial charge in [-0.3, -0.25) is 9.89 Å². The molecule has 0 aromatic heterocycles. The van der Waals surface area contributed by atoms with E-state index in [4.69, 9.17) is 5.73 Å². The maximum atomic E-state index is 5.79. The number of nitrogens with two attached hydrogens (primary N) is 1. The highest BCUT2D eigenvalue weighted by atomic mass is 15.2. The number of hydrogen-bond donors (Lipinski definition) is 2. The van der Waals surface area contributed by atoms with E-state index < -0.39 is 0 Å². The van der Waals surface area contributed by atoms with Gasteiger partial charge in [-0.1, -0.05) is 13.3 Å². The molecule has 4 heteroatoms. The second-order valence-electron chi connectivity index (χ2n) is 5.11. The van der Waals surface area contributed by atoms with Gasteiger partial charge in [0.25, 0.3) is 0 Å². The first-order valence-electron chi connectivity index (χ1n) is 6.94. The lowest BCUT2D eigenvalue weighted by molar-refractivity contribution is 0.215. The predicted molar refractivity (Wildman–Crippen MR) is 74.3 cm³/mol. The number of rotatable bonds is 8. The minimum absolute atomic E-state index is 0.595. The second kappa shape index (κ2) is 7.54. The number of nitrogens with one attached hydrogen (secondary N) is 1. The molecule has 100 valence electrons. The first-order valence-corrected chi connectivity index (χ1v) is 6.94. The quantitative estimate of drug-likeness (QED) is 0.385. The molecule has 1 rings (SSSR count). The lowest BCUT2D eigenvalue weighted by atomic mass is 10.3. The van der Waals surface area contributed by atoms with Gasteiger partial charge < -0.3 is 11.1 Å². The van der Waals surface area contributed by atoms with Crippen molar-refractivity contribution in [2.24, 2.45) is 10.7 Å². The van der Waals surface area contributed by atoms with Gasteiger partial charge in [0, 0.05) is 31.7 Å². The minimum atomic E-state index is 0.595. The fourth-order valence-electron chi connectivity index (χ4n) is 2.00. The van der Waals surface area contributed by atoms with Gasteiger partial charge in [-0.2, -0.15) is 0 Å². The van der Waals surface area contributed by atoms with Crippen molar-refractivity contribution < 1.29 is 0 Å². The summed E-state index contributed by atoms with van der Waals surface area (Å²) >= 11 is 0. The van der Waals surface area contributed by atoms with Crippen LogP contribution in [0.25, 0.3) is 0 Å². The third-order valence-corrected chi connectivity index (χ3v) is 3.15. The molecule has 0 atom stereocenters. The Labute approximate surface area is 106 Å². The summed E-state index contributed by atoms with van der Waals surface area (Å²) in [5, 5.41) is 3.20. The molecule has 0 saturated heterocycles. The largest absolute Gasteiger partial charge is 0.370 e. The van der Waals surface area contributed by atoms with Crippen molar-refractivity contribution >= 4 is 5.96 Å². The Bertz CT molecular complexity index is 232. The van der Waals surface area contributed by atoms with E-state index in [1.54, 1.807) is 0 Å². The molecule has 17 heavy (non-hydrogen) atoms. The zero-order valence-electron chi connectivity index (χ0n) is 11.6. The Kier molecular flexibility index (Phi) is 6.34. The van der Waals surface area contributed by atoms with Gasteiger partial charge in [-0.15, -0.1) is 0 Å². The van der Waals surface area contributed by atoms with Crippen molar-refractivity contribution in [2.45, 2.75) is 58.5 Å². The predicted octanol–water partition coefficient (Wildman–Crippen LogP) is 1.56. The van der Waals surface area contributed by atoms with E-state index in [9.17, 15) is 0 Å². The molecule has 3 N–H and O–H groups in total. The molecule has 1 aliphatic rings. The number of aliphatic imine (C=N–C) groups is 1. The van der Waals surface area contributed by atoms with Crippen LogP contribution >= 0.6 is 0 Å². The SMILES string of the molecule is CCCCN=C(N)NCCN(C(C)C)C1CC1. The monoisotopic (exact) mass is 240 g/mol. The van der Waals surface area contributed by atoms with E-state index >= 15 is 0 Å². The fraction of sp³-hybridized carbons (Fsp3) is 0.923. The Balaban J connectivity index is 2.14. The van der Waals surface area contributed by atoms with Crippen LogP contribution in [0, 0.1) is 0 Å². The van der Waals surface area contributed by atoms with Crippen molar-refractivity contribution in [3.63, 3.8) is 0 Å². The number of hydrogen-bond acceptors (Lipinski definition) is 2. The van der Waals surface area contributed by atoms with Crippen LogP contribution in [-0.2, 0) is 0 Å². The summed E-state index contributed by atoms with van der Waals surface area (Å²) in [4.78, 5) is 6.83. The van der Waals surface area contributed by atoms with E-state index in [0.29, 0.717) is 12.0 Å². The molecule has 0 aromatic rings. The summed E-state index contributed by atoms with van der Waals surface area (Å²) in [6.45, 7) is 9.48. The third kappa shape index (κ3) is 5.91. The number of guanidine groups is 1. The van der Waals surface area contributed by atoms with Crippen LogP contribution in [-0.4, -0.2) is 42.6 Å². The lowest BCUT2D eigenvalue weighted by Gasteiger charge is -2.26. The van der Waals surface area contributed by atoms with Crippen LogP contribution in [0.5, 0.6) is 0 Å². The highest BCUT2D eigenvalue weighted by molar-refractivity contribution is 5.77. The summed E-state index contributed by atoms with van der Waals surface area (Å²) in [5.41, 5.74) is 5.79. The zero-order valence-corrected chi connectivity index (χ0v) is 11.6. The zero-order chi connectivity index (χ0) is 12.7. The molecule has 0 radical (unpaired) electrons. The molecule has 0 heterocycles. The first kappa shape index (κ1) is 14.3. The van der Waals surface area contributed by atoms with Crippen molar-refractivity contribution in [3.8, 4) is 0 Å². The summed E-state index contributed by atoms with van der Waals surface area (Å²) in [6.07, 6.45) is 5.00. The van der Waals surface area contributed by atoms with E-state index in [1.165, 1.54) is 19.3 Å². The standard InChI is InChI=1S/C13H28N4/c1-4-5-8-15-13(14)16-9-10-17(11(2)3)12-6-7-12/h11-12H,4-10H2,1-3H3,(H3,14,15,16). The molecule has 4 nitrogen and oxygen atoms in total. The van der Waals surface area contributed by atoms with Gasteiger partial charge in [0.2, 0.25) is 0 Å². The molecule has 0 amide bonds. The molecule has 1 aliphatic carbocycles. The average Bonchev–Trinajstić information content (AvgIpc) is 3.08. The van der Waals surface area contributed by atoms with Gasteiger partial charge >= 0.3 is 0 Å². The highest BCUT2D eigenvalue weighted by Crippen LogP contribution is 2.27. The Morgan fingerprint density at radius 2 is 2.18 bits per heavy atom. The summed E-state index contributed by atoms with van der Waals surface area (Å²) in [5.74, 6) is 0.595. The van der Waals surface area contributed by atoms with Crippen molar-refractivity contribution in [1.82, 2.24) is 10.2 Å². The molecule has 0 bridgehead atoms. The first-order chi connectivity index (χ1) is 8.15. The van der Waals surface area contributed by atoms with Gasteiger partial charge in [0.15, 0.2) is 5.96 Å². The Morgan fingerprint density at radius 3 is 2.71 bits per heavy atom. The van der Waals surface area contributed by atoms with Crippen molar-refractivity contribution in [1.29, 1.82) is 0 Å². The topological polar surface area (TPSA) is 53.6 Å². The van der Waals surface area contributed by atoms with Crippen LogP contribution in [0.1, 0.15) is 46.5 Å². The van der Waals surface area contributed by atoms with Gasteiger partial charge in [-0.25, -0.2) is 0 Å². The molecule has 0 aliphatic heterocycles. The number of nitrogens with zero attached hydrogens (tertiary/aromatic N) is 2. The summed E-state index contributed by atoms with van der Waals surface area (Å²) in [6, 6.07) is 1.44. The Hall–Kier alpha value is -0.770. The van der Waals surface area contributed by atoms with Gasteiger partial charge in [0.05, 0.1) is 0 Å². The van der Waals surface area contributed by atoms with Crippen molar-refractivity contribution in [2.75, 3.05) is 19.6 Å². The molecule has 0 aromatic carbocycles. The molecule has 1 fully saturated rings. The summed E-state index contributed by atoms with van der Waals surface area (Å²) in [7, 11) is 0. The maximum absolute atomic E-state index is 5.79. The second-order valence-corrected chi connectivity index (χ2v) is 5.11. The van der Waals surface area contributed by atoms with Crippen LogP contribution in [0.4, 0.5) is 0 Å². The van der Waals surface area contributed by atoms with Crippen molar-refractivity contribution in [3.05, 3.63) is 0 Å². The van der Waals surface area contributed by atoms with E-state index in [2.05, 4.69) is 36.0 Å². The maximum Gasteiger partial charge on any atom is 0.188 e. The van der Waals surface area contributed by atoms with E-state index in [1.807, 2.05) is 0 Å². The lowest BCUT2D eigenvalue weighted by Crippen LogP contribution is -2.42. The minimum Gasteiger partial charge on any atom is -0.370 e. The molecular weight excluding hydrogens is 212 g/mol. The summed E-state index contributed by atoms with van der Waals surface area (Å²) < 4.78 is 0. The Morgan fingerprint density at radius 1 is 1.47 bits per heavy atom. The van der Waals surface area contributed by atoms with Crippen LogP contribution in [0.2, 0.25) is 0 Å². The van der Waals surface area contributed by atoms with Crippen LogP contribution in [0.3, 0.4) is 0 Å². The van der Waals surface area contributed by atoms with Gasteiger partial charge in [-0.05, 0) is 33.1 Å². The van der Waals surface area contributed by atoms with Gasteiger partial charge in [0.1, 0.15) is 0 Å². The third-order valence-electron chi connectivity index (χ3n) is 3.15. The molecular formula is C13H28N4. The van der Waals surface area contributed by atoms with Crippen LogP contribution in [0.15, 0.2) is 4.99 Å². The number of unbranched alkanes of at least 4 members (excludes halogenated alkanes) is 1. The highest BCUT2D eigenvalue weighted by Gasteiger charge is 2.29.